The fourth-order valence-electron chi connectivity index (χ4n) is 2.14. The van der Waals surface area contributed by atoms with Crippen molar-refractivity contribution in [2.75, 3.05) is 6.79 Å². The lowest BCUT2D eigenvalue weighted by atomic mass is 10.2. The smallest absolute Gasteiger partial charge is 0.231 e. The second-order valence-electron chi connectivity index (χ2n) is 4.46. The van der Waals surface area contributed by atoms with Gasteiger partial charge in [0.25, 0.3) is 0 Å². The maximum absolute atomic E-state index is 13.2. The van der Waals surface area contributed by atoms with E-state index in [1.165, 1.54) is 18.5 Å². The number of halogens is 1. The first-order valence-corrected chi connectivity index (χ1v) is 6.27. The van der Waals surface area contributed by atoms with Gasteiger partial charge in [-0.15, -0.1) is 0 Å². The lowest BCUT2D eigenvalue weighted by molar-refractivity contribution is 0.174. The standard InChI is InChI=1S/C15H9FN2O3/c16-9-1-3-11-12(5-9)17-7-18-15(11)21-10-2-4-13-14(6-10)20-8-19-13/h1-7H,8H2. The Bertz CT molecular complexity index is 838. The molecule has 2 heterocycles. The predicted molar refractivity (Wildman–Crippen MR) is 72.1 cm³/mol. The molecule has 0 bridgehead atoms. The van der Waals surface area contributed by atoms with Crippen molar-refractivity contribution in [3.63, 3.8) is 0 Å². The number of hydrogen-bond donors (Lipinski definition) is 0. The molecule has 2 aromatic carbocycles. The van der Waals surface area contributed by atoms with Crippen molar-refractivity contribution < 1.29 is 18.6 Å². The highest BCUT2D eigenvalue weighted by molar-refractivity contribution is 5.83. The molecule has 0 unspecified atom stereocenters. The maximum Gasteiger partial charge on any atom is 0.231 e. The molecule has 1 aromatic heterocycles. The number of benzene rings is 2. The Hall–Kier alpha value is -2.89. The van der Waals surface area contributed by atoms with Crippen LogP contribution >= 0.6 is 0 Å². The van der Waals surface area contributed by atoms with E-state index in [1.807, 2.05) is 0 Å². The number of ether oxygens (including phenoxy) is 3. The van der Waals surface area contributed by atoms with Gasteiger partial charge in [0, 0.05) is 12.1 Å². The van der Waals surface area contributed by atoms with Crippen LogP contribution in [-0.2, 0) is 0 Å². The van der Waals surface area contributed by atoms with Crippen LogP contribution in [0, 0.1) is 5.82 Å². The molecule has 3 aromatic rings. The molecule has 0 saturated heterocycles. The third-order valence-corrected chi connectivity index (χ3v) is 3.12. The van der Waals surface area contributed by atoms with Gasteiger partial charge in [-0.05, 0) is 24.3 Å². The minimum absolute atomic E-state index is 0.203. The van der Waals surface area contributed by atoms with Gasteiger partial charge in [-0.2, -0.15) is 0 Å². The van der Waals surface area contributed by atoms with Crippen molar-refractivity contribution in [2.24, 2.45) is 0 Å². The zero-order chi connectivity index (χ0) is 14.2. The maximum atomic E-state index is 13.2. The van der Waals surface area contributed by atoms with Crippen LogP contribution in [-0.4, -0.2) is 16.8 Å². The Morgan fingerprint density at radius 2 is 1.90 bits per heavy atom. The lowest BCUT2D eigenvalue weighted by Crippen LogP contribution is -1.93. The number of rotatable bonds is 2. The number of fused-ring (bicyclic) bond motifs is 2. The van der Waals surface area contributed by atoms with Gasteiger partial charge in [-0.1, -0.05) is 0 Å². The van der Waals surface area contributed by atoms with Crippen LogP contribution in [0.4, 0.5) is 4.39 Å². The molecule has 6 heteroatoms. The molecule has 0 fully saturated rings. The van der Waals surface area contributed by atoms with E-state index in [1.54, 1.807) is 24.3 Å². The molecule has 0 N–H and O–H groups in total. The second-order valence-corrected chi connectivity index (χ2v) is 4.46. The molecule has 0 amide bonds. The van der Waals surface area contributed by atoms with Crippen molar-refractivity contribution in [1.82, 2.24) is 9.97 Å². The van der Waals surface area contributed by atoms with Crippen molar-refractivity contribution in [2.45, 2.75) is 0 Å². The van der Waals surface area contributed by atoms with Gasteiger partial charge in [-0.25, -0.2) is 14.4 Å². The average molecular weight is 284 g/mol. The zero-order valence-corrected chi connectivity index (χ0v) is 10.7. The van der Waals surface area contributed by atoms with Crippen molar-refractivity contribution in [3.05, 3.63) is 48.5 Å². The van der Waals surface area contributed by atoms with Crippen LogP contribution in [0.3, 0.4) is 0 Å². The first-order chi connectivity index (χ1) is 10.3. The number of aromatic nitrogens is 2. The van der Waals surface area contributed by atoms with E-state index in [0.29, 0.717) is 34.0 Å². The SMILES string of the molecule is Fc1ccc2c(Oc3ccc4c(c3)OCO4)ncnc2c1. The highest BCUT2D eigenvalue weighted by Crippen LogP contribution is 2.37. The van der Waals surface area contributed by atoms with E-state index in [9.17, 15) is 4.39 Å². The van der Waals surface area contributed by atoms with Gasteiger partial charge in [0.1, 0.15) is 17.9 Å². The Kier molecular flexibility index (Phi) is 2.60. The van der Waals surface area contributed by atoms with Gasteiger partial charge in [0.2, 0.25) is 12.7 Å². The van der Waals surface area contributed by atoms with E-state index < -0.39 is 0 Å². The van der Waals surface area contributed by atoms with Crippen LogP contribution in [0.1, 0.15) is 0 Å². The minimum Gasteiger partial charge on any atom is -0.454 e. The predicted octanol–water partition coefficient (Wildman–Crippen LogP) is 3.29. The summed E-state index contributed by atoms with van der Waals surface area (Å²) in [6.45, 7) is 0.203. The molecule has 0 radical (unpaired) electrons. The molecular weight excluding hydrogens is 275 g/mol. The third kappa shape index (κ3) is 2.10. The summed E-state index contributed by atoms with van der Waals surface area (Å²) < 4.78 is 29.5. The van der Waals surface area contributed by atoms with Crippen LogP contribution in [0.25, 0.3) is 10.9 Å². The summed E-state index contributed by atoms with van der Waals surface area (Å²) in [4.78, 5) is 8.12. The average Bonchev–Trinajstić information content (AvgIpc) is 2.95. The van der Waals surface area contributed by atoms with Crippen LogP contribution in [0.15, 0.2) is 42.7 Å². The largest absolute Gasteiger partial charge is 0.454 e. The lowest BCUT2D eigenvalue weighted by Gasteiger charge is -2.07. The summed E-state index contributed by atoms with van der Waals surface area (Å²) in [5, 5.41) is 0.636. The molecule has 21 heavy (non-hydrogen) atoms. The van der Waals surface area contributed by atoms with Crippen molar-refractivity contribution in [3.8, 4) is 23.1 Å². The summed E-state index contributed by atoms with van der Waals surface area (Å²) in [5.41, 5.74) is 0.487. The quantitative estimate of drug-likeness (QED) is 0.722. The summed E-state index contributed by atoms with van der Waals surface area (Å²) in [5.74, 6) is 1.87. The molecule has 0 aliphatic carbocycles. The molecule has 1 aliphatic heterocycles. The highest BCUT2D eigenvalue weighted by Gasteiger charge is 2.15. The molecule has 5 nitrogen and oxygen atoms in total. The molecule has 4 rings (SSSR count). The topological polar surface area (TPSA) is 53.5 Å². The van der Waals surface area contributed by atoms with Gasteiger partial charge in [-0.3, -0.25) is 0 Å². The second kappa shape index (κ2) is 4.59. The fourth-order valence-corrected chi connectivity index (χ4v) is 2.14. The Morgan fingerprint density at radius 3 is 2.86 bits per heavy atom. The molecule has 104 valence electrons. The zero-order valence-electron chi connectivity index (χ0n) is 10.7. The normalized spacial score (nSPS) is 12.6. The van der Waals surface area contributed by atoms with Gasteiger partial charge >= 0.3 is 0 Å². The van der Waals surface area contributed by atoms with Crippen LogP contribution in [0.2, 0.25) is 0 Å². The molecule has 0 atom stereocenters. The molecule has 1 aliphatic rings. The van der Waals surface area contributed by atoms with Crippen LogP contribution in [0.5, 0.6) is 23.1 Å². The molecule has 0 saturated carbocycles. The number of nitrogens with zero attached hydrogens (tertiary/aromatic N) is 2. The van der Waals surface area contributed by atoms with Crippen molar-refractivity contribution in [1.29, 1.82) is 0 Å². The first kappa shape index (κ1) is 11.9. The minimum atomic E-state index is -0.352. The summed E-state index contributed by atoms with van der Waals surface area (Å²) >= 11 is 0. The first-order valence-electron chi connectivity index (χ1n) is 6.27. The monoisotopic (exact) mass is 284 g/mol. The van der Waals surface area contributed by atoms with Gasteiger partial charge in [0.05, 0.1) is 10.9 Å². The third-order valence-electron chi connectivity index (χ3n) is 3.12. The summed E-state index contributed by atoms with van der Waals surface area (Å²) in [6.07, 6.45) is 1.34. The van der Waals surface area contributed by atoms with Crippen molar-refractivity contribution >= 4 is 10.9 Å². The Morgan fingerprint density at radius 1 is 1.00 bits per heavy atom. The highest BCUT2D eigenvalue weighted by atomic mass is 19.1. The Balaban J connectivity index is 1.74. The van der Waals surface area contributed by atoms with E-state index in [4.69, 9.17) is 14.2 Å². The van der Waals surface area contributed by atoms with Gasteiger partial charge < -0.3 is 14.2 Å². The van der Waals surface area contributed by atoms with E-state index in [0.717, 1.165) is 0 Å². The Labute approximate surface area is 118 Å². The van der Waals surface area contributed by atoms with E-state index in [2.05, 4.69) is 9.97 Å². The van der Waals surface area contributed by atoms with E-state index >= 15 is 0 Å². The summed E-state index contributed by atoms with van der Waals surface area (Å²) in [6, 6.07) is 9.51. The summed E-state index contributed by atoms with van der Waals surface area (Å²) in [7, 11) is 0. The van der Waals surface area contributed by atoms with Crippen LogP contribution < -0.4 is 14.2 Å². The van der Waals surface area contributed by atoms with E-state index in [-0.39, 0.29) is 12.6 Å². The number of hydrogen-bond acceptors (Lipinski definition) is 5. The molecule has 0 spiro atoms. The fraction of sp³-hybridized carbons (Fsp3) is 0.0667. The molecular formula is C15H9FN2O3. The van der Waals surface area contributed by atoms with Gasteiger partial charge in [0.15, 0.2) is 11.5 Å².